The third kappa shape index (κ3) is 13.5. The molecule has 0 N–H and O–H groups in total. The van der Waals surface area contributed by atoms with Gasteiger partial charge in [0.25, 0.3) is 0 Å². The number of carbonyl (C=O) groups is 1. The van der Waals surface area contributed by atoms with Crippen LogP contribution in [0.25, 0.3) is 0 Å². The smallest absolute Gasteiger partial charge is 0.449 e. The molecule has 0 heterocycles. The molecule has 0 bridgehead atoms. The van der Waals surface area contributed by atoms with Crippen LogP contribution in [0.2, 0.25) is 19.6 Å². The van der Waals surface area contributed by atoms with Gasteiger partial charge < -0.3 is 9.47 Å². The Bertz CT molecular complexity index is 1530. The van der Waals surface area contributed by atoms with Gasteiger partial charge in [0.05, 0.1) is 8.07 Å². The van der Waals surface area contributed by atoms with E-state index in [0.29, 0.717) is 30.3 Å². The van der Waals surface area contributed by atoms with Gasteiger partial charge in [0.15, 0.2) is 0 Å². The Hall–Kier alpha value is -4.31. The minimum Gasteiger partial charge on any atom is -0.489 e. The third-order valence-electron chi connectivity index (χ3n) is 6.96. The molecule has 0 amide bonds. The van der Waals surface area contributed by atoms with Crippen LogP contribution in [0.1, 0.15) is 28.7 Å². The van der Waals surface area contributed by atoms with Gasteiger partial charge in [-0.25, -0.2) is 0 Å². The van der Waals surface area contributed by atoms with Gasteiger partial charge in [-0.1, -0.05) is 111 Å². The summed E-state index contributed by atoms with van der Waals surface area (Å²) in [6.07, 6.45) is -7.85. The first-order chi connectivity index (χ1) is 22.1. The van der Waals surface area contributed by atoms with E-state index in [2.05, 4.69) is 0 Å². The van der Waals surface area contributed by atoms with Gasteiger partial charge in [-0.2, -0.15) is 26.3 Å². The SMILES string of the molecule is C[Si](C)(C)/C(=C\Cc1ccc(OCc2ccccc2)cc1)C(F)(F)F.O=C(CCc1ccc(OCc2ccccc2)cc1)C(F)(F)F. The molecule has 0 atom stereocenters. The molecule has 0 saturated heterocycles. The van der Waals surface area contributed by atoms with Crippen molar-refractivity contribution in [2.45, 2.75) is 64.5 Å². The van der Waals surface area contributed by atoms with Crippen LogP contribution >= 0.6 is 0 Å². The molecule has 0 radical (unpaired) electrons. The molecular weight excluding hydrogens is 634 g/mol. The maximum Gasteiger partial charge on any atom is 0.449 e. The van der Waals surface area contributed by atoms with Crippen molar-refractivity contribution in [1.29, 1.82) is 0 Å². The second-order valence-corrected chi connectivity index (χ2v) is 16.9. The predicted molar refractivity (Wildman–Crippen MR) is 175 cm³/mol. The summed E-state index contributed by atoms with van der Waals surface area (Å²) in [7, 11) is -2.43. The fourth-order valence-corrected chi connectivity index (χ4v) is 5.99. The summed E-state index contributed by atoms with van der Waals surface area (Å²) in [5, 5.41) is -0.357. The van der Waals surface area contributed by atoms with Gasteiger partial charge in [0, 0.05) is 11.6 Å². The topological polar surface area (TPSA) is 35.5 Å². The van der Waals surface area contributed by atoms with E-state index >= 15 is 0 Å². The molecule has 47 heavy (non-hydrogen) atoms. The highest BCUT2D eigenvalue weighted by atomic mass is 28.3. The van der Waals surface area contributed by atoms with E-state index in [4.69, 9.17) is 9.47 Å². The summed E-state index contributed by atoms with van der Waals surface area (Å²) in [4.78, 5) is 10.8. The Labute approximate surface area is 272 Å². The number of aryl methyl sites for hydroxylation is 1. The Morgan fingerprint density at radius 1 is 0.596 bits per heavy atom. The minimum atomic E-state index is -4.75. The minimum absolute atomic E-state index is 0.0668. The van der Waals surface area contributed by atoms with Gasteiger partial charge >= 0.3 is 12.4 Å². The molecule has 4 aromatic carbocycles. The first kappa shape index (κ1) is 37.1. The van der Waals surface area contributed by atoms with Crippen LogP contribution in [0.4, 0.5) is 26.3 Å². The van der Waals surface area contributed by atoms with Crippen molar-refractivity contribution < 1.29 is 40.6 Å². The largest absolute Gasteiger partial charge is 0.489 e. The second kappa shape index (κ2) is 17.0. The molecule has 4 rings (SSSR count). The molecule has 0 aliphatic rings. The molecule has 0 aromatic heterocycles. The molecular formula is C37H38F6O3Si. The summed E-state index contributed by atoms with van der Waals surface area (Å²) in [5.74, 6) is -0.357. The molecule has 0 aliphatic heterocycles. The fourth-order valence-electron chi connectivity index (χ4n) is 4.42. The molecule has 3 nitrogen and oxygen atoms in total. The standard InChI is InChI=1S/C20H23F3OSi.C17H15F3O2/c1-25(2,3)19(20(21,22)23)14-11-16-9-12-18(13-10-16)24-15-17-7-5-4-6-8-17;18-17(19,20)16(21)11-8-13-6-9-15(10-7-13)22-12-14-4-2-1-3-5-14/h4-10,12-14H,11,15H2,1-3H3;1-7,9-10H,8,11-12H2/b19-14-;. The fraction of sp³-hybridized carbons (Fsp3) is 0.270. The summed E-state index contributed by atoms with van der Waals surface area (Å²) in [6, 6.07) is 33.4. The molecule has 250 valence electrons. The van der Waals surface area contributed by atoms with E-state index in [1.807, 2.05) is 72.8 Å². The number of alkyl halides is 6. The molecule has 4 aromatic rings. The maximum absolute atomic E-state index is 13.2. The Balaban J connectivity index is 0.000000257. The van der Waals surface area contributed by atoms with E-state index in [1.54, 1.807) is 56.0 Å². The zero-order valence-corrected chi connectivity index (χ0v) is 27.5. The van der Waals surface area contributed by atoms with Gasteiger partial charge in [-0.05, 0) is 59.4 Å². The summed E-state index contributed by atoms with van der Waals surface area (Å²) < 4.78 is 87.2. The number of ether oxygens (including phenoxy) is 2. The van der Waals surface area contributed by atoms with Crippen molar-refractivity contribution >= 4 is 13.9 Å². The lowest BCUT2D eigenvalue weighted by Gasteiger charge is -2.23. The average molecular weight is 673 g/mol. The van der Waals surface area contributed by atoms with Crippen LogP contribution < -0.4 is 9.47 Å². The van der Waals surface area contributed by atoms with Crippen LogP contribution in [0.5, 0.6) is 11.5 Å². The van der Waals surface area contributed by atoms with E-state index < -0.39 is 32.6 Å². The monoisotopic (exact) mass is 672 g/mol. The number of rotatable bonds is 12. The number of allylic oxidation sites excluding steroid dienone is 2. The summed E-state index contributed by atoms with van der Waals surface area (Å²) in [5.41, 5.74) is 3.61. The number of benzene rings is 4. The summed E-state index contributed by atoms with van der Waals surface area (Å²) in [6.45, 7) is 6.03. The van der Waals surface area contributed by atoms with Crippen LogP contribution in [-0.2, 0) is 30.8 Å². The zero-order valence-electron chi connectivity index (χ0n) is 26.5. The normalized spacial score (nSPS) is 12.1. The molecule has 0 spiro atoms. The van der Waals surface area contributed by atoms with Gasteiger partial charge in [0.1, 0.15) is 24.7 Å². The van der Waals surface area contributed by atoms with Crippen molar-refractivity contribution in [1.82, 2.24) is 0 Å². The predicted octanol–water partition coefficient (Wildman–Crippen LogP) is 10.5. The van der Waals surface area contributed by atoms with E-state index in [-0.39, 0.29) is 18.0 Å². The molecule has 0 saturated carbocycles. The highest BCUT2D eigenvalue weighted by molar-refractivity contribution is 6.83. The third-order valence-corrected chi connectivity index (χ3v) is 9.06. The lowest BCUT2D eigenvalue weighted by atomic mass is 10.1. The lowest BCUT2D eigenvalue weighted by molar-refractivity contribution is -0.171. The molecule has 10 heteroatoms. The second-order valence-electron chi connectivity index (χ2n) is 11.8. The van der Waals surface area contributed by atoms with Crippen molar-refractivity contribution in [2.75, 3.05) is 0 Å². The quantitative estimate of drug-likeness (QED) is 0.111. The highest BCUT2D eigenvalue weighted by Crippen LogP contribution is 2.33. The number of hydrogen-bond donors (Lipinski definition) is 0. The Kier molecular flexibility index (Phi) is 13.4. The van der Waals surface area contributed by atoms with Crippen molar-refractivity contribution in [3.8, 4) is 11.5 Å². The van der Waals surface area contributed by atoms with Crippen LogP contribution in [0.3, 0.4) is 0 Å². The Morgan fingerprint density at radius 3 is 1.40 bits per heavy atom. The van der Waals surface area contributed by atoms with E-state index in [0.717, 1.165) is 16.7 Å². The molecule has 0 aliphatic carbocycles. The van der Waals surface area contributed by atoms with Crippen LogP contribution in [0, 0.1) is 0 Å². The number of halogens is 6. The maximum atomic E-state index is 13.2. The van der Waals surface area contributed by atoms with Crippen LogP contribution in [-0.4, -0.2) is 26.2 Å². The average Bonchev–Trinajstić information content (AvgIpc) is 3.02. The van der Waals surface area contributed by atoms with Crippen molar-refractivity contribution in [3.05, 3.63) is 143 Å². The number of ketones is 1. The zero-order chi connectivity index (χ0) is 34.5. The van der Waals surface area contributed by atoms with E-state index in [1.165, 1.54) is 6.08 Å². The highest BCUT2D eigenvalue weighted by Gasteiger charge is 2.41. The van der Waals surface area contributed by atoms with Crippen molar-refractivity contribution in [2.24, 2.45) is 0 Å². The summed E-state index contributed by atoms with van der Waals surface area (Å²) >= 11 is 0. The Morgan fingerprint density at radius 2 is 1.02 bits per heavy atom. The van der Waals surface area contributed by atoms with Gasteiger partial charge in [-0.3, -0.25) is 4.79 Å². The van der Waals surface area contributed by atoms with Gasteiger partial charge in [0.2, 0.25) is 5.78 Å². The number of carbonyl (C=O) groups excluding carboxylic acids is 1. The lowest BCUT2D eigenvalue weighted by Crippen LogP contribution is -2.34. The van der Waals surface area contributed by atoms with Gasteiger partial charge in [-0.15, -0.1) is 0 Å². The number of Topliss-reactive ketones (excluding diaryl/α,β-unsaturated/α-hetero) is 1. The molecule has 0 unspecified atom stereocenters. The van der Waals surface area contributed by atoms with E-state index in [9.17, 15) is 31.1 Å². The number of hydrogen-bond acceptors (Lipinski definition) is 3. The van der Waals surface area contributed by atoms with Crippen molar-refractivity contribution in [3.63, 3.8) is 0 Å². The van der Waals surface area contributed by atoms with Crippen LogP contribution in [0.15, 0.2) is 120 Å². The first-order valence-corrected chi connectivity index (χ1v) is 18.5. The first-order valence-electron chi connectivity index (χ1n) is 15.0. The molecule has 0 fully saturated rings.